The summed E-state index contributed by atoms with van der Waals surface area (Å²) in [6.07, 6.45) is -4.46. The van der Waals surface area contributed by atoms with E-state index in [4.69, 9.17) is 5.73 Å². The molecule has 0 saturated heterocycles. The van der Waals surface area contributed by atoms with Gasteiger partial charge in [-0.25, -0.2) is 0 Å². The summed E-state index contributed by atoms with van der Waals surface area (Å²) in [6.45, 7) is 0. The molecule has 3 nitrogen and oxygen atoms in total. The molecule has 1 aromatic carbocycles. The van der Waals surface area contributed by atoms with E-state index >= 15 is 0 Å². The van der Waals surface area contributed by atoms with Crippen LogP contribution in [0.25, 0.3) is 0 Å². The topological polar surface area (TPSA) is 55.1 Å². The maximum absolute atomic E-state index is 12.5. The van der Waals surface area contributed by atoms with Gasteiger partial charge in [0, 0.05) is 4.47 Å². The van der Waals surface area contributed by atoms with E-state index < -0.39 is 17.6 Å². The molecular formula is C12H8BrF3N2OS. The number of nitrogens with two attached hydrogens (primary N) is 1. The third kappa shape index (κ3) is 3.13. The van der Waals surface area contributed by atoms with Crippen molar-refractivity contribution in [2.24, 2.45) is 0 Å². The third-order valence-electron chi connectivity index (χ3n) is 2.45. The fourth-order valence-corrected chi connectivity index (χ4v) is 2.93. The summed E-state index contributed by atoms with van der Waals surface area (Å²) < 4.78 is 38.1. The molecule has 0 bridgehead atoms. The Kier molecular flexibility index (Phi) is 4.05. The minimum atomic E-state index is -4.46. The second kappa shape index (κ2) is 5.45. The van der Waals surface area contributed by atoms with Crippen molar-refractivity contribution in [3.05, 3.63) is 44.6 Å². The number of anilines is 2. The van der Waals surface area contributed by atoms with Gasteiger partial charge >= 0.3 is 6.18 Å². The fourth-order valence-electron chi connectivity index (χ4n) is 1.49. The van der Waals surface area contributed by atoms with Gasteiger partial charge in [0.15, 0.2) is 0 Å². The van der Waals surface area contributed by atoms with Crippen molar-refractivity contribution >= 4 is 44.5 Å². The van der Waals surface area contributed by atoms with Crippen molar-refractivity contribution in [1.29, 1.82) is 0 Å². The number of carbonyl (C=O) groups excluding carboxylic acids is 1. The van der Waals surface area contributed by atoms with Crippen molar-refractivity contribution in [3.63, 3.8) is 0 Å². The Morgan fingerprint density at radius 1 is 1.30 bits per heavy atom. The van der Waals surface area contributed by atoms with Gasteiger partial charge in [0.2, 0.25) is 0 Å². The molecule has 0 spiro atoms. The zero-order valence-electron chi connectivity index (χ0n) is 9.79. The van der Waals surface area contributed by atoms with Crippen LogP contribution in [-0.4, -0.2) is 5.91 Å². The summed E-state index contributed by atoms with van der Waals surface area (Å²) in [5.74, 6) is -0.432. The Bertz CT molecular complexity index is 654. The van der Waals surface area contributed by atoms with Gasteiger partial charge in [0.1, 0.15) is 4.88 Å². The molecular weight excluding hydrogens is 357 g/mol. The minimum Gasteiger partial charge on any atom is -0.397 e. The van der Waals surface area contributed by atoms with Crippen molar-refractivity contribution < 1.29 is 18.0 Å². The molecule has 0 aliphatic rings. The Hall–Kier alpha value is -1.54. The molecule has 2 rings (SSSR count). The summed E-state index contributed by atoms with van der Waals surface area (Å²) in [7, 11) is 0. The first-order valence-electron chi connectivity index (χ1n) is 5.30. The number of hydrogen-bond acceptors (Lipinski definition) is 3. The highest BCUT2D eigenvalue weighted by Crippen LogP contribution is 2.33. The molecule has 0 unspecified atom stereocenters. The summed E-state index contributed by atoms with van der Waals surface area (Å²) in [5.41, 5.74) is 4.68. The highest BCUT2D eigenvalue weighted by Gasteiger charge is 2.30. The number of benzene rings is 1. The molecule has 1 aromatic heterocycles. The molecule has 0 saturated carbocycles. The molecule has 20 heavy (non-hydrogen) atoms. The minimum absolute atomic E-state index is 0.138. The van der Waals surface area contributed by atoms with Gasteiger partial charge in [0.25, 0.3) is 5.91 Å². The van der Waals surface area contributed by atoms with Crippen LogP contribution < -0.4 is 11.1 Å². The van der Waals surface area contributed by atoms with Gasteiger partial charge in [-0.05, 0) is 45.6 Å². The van der Waals surface area contributed by atoms with Gasteiger partial charge in [0.05, 0.1) is 16.9 Å². The summed E-state index contributed by atoms with van der Waals surface area (Å²) >= 11 is 4.42. The lowest BCUT2D eigenvalue weighted by Gasteiger charge is -2.11. The number of hydrogen-bond donors (Lipinski definition) is 2. The van der Waals surface area contributed by atoms with Crippen LogP contribution in [0.5, 0.6) is 0 Å². The van der Waals surface area contributed by atoms with Crippen LogP contribution in [0.15, 0.2) is 34.1 Å². The van der Waals surface area contributed by atoms with Gasteiger partial charge in [-0.3, -0.25) is 4.79 Å². The normalized spacial score (nSPS) is 11.4. The fraction of sp³-hybridized carbons (Fsp3) is 0.0833. The second-order valence-electron chi connectivity index (χ2n) is 3.85. The average molecular weight is 365 g/mol. The Balaban J connectivity index is 2.23. The quantitative estimate of drug-likeness (QED) is 0.777. The number of halogens is 4. The Morgan fingerprint density at radius 3 is 2.50 bits per heavy atom. The molecule has 1 heterocycles. The van der Waals surface area contributed by atoms with Gasteiger partial charge in [-0.15, -0.1) is 11.3 Å². The zero-order valence-corrected chi connectivity index (χ0v) is 12.2. The molecule has 0 aliphatic carbocycles. The van der Waals surface area contributed by atoms with Crippen LogP contribution in [0.4, 0.5) is 24.5 Å². The number of rotatable bonds is 2. The molecule has 0 atom stereocenters. The lowest BCUT2D eigenvalue weighted by atomic mass is 10.1. The van der Waals surface area contributed by atoms with E-state index in [0.29, 0.717) is 9.35 Å². The zero-order chi connectivity index (χ0) is 14.9. The number of nitrogens with one attached hydrogen (secondary N) is 1. The SMILES string of the molecule is Nc1cc(C(F)(F)F)ccc1NC(=O)c1sccc1Br. The van der Waals surface area contributed by atoms with E-state index in [2.05, 4.69) is 21.2 Å². The first-order chi connectivity index (χ1) is 9.29. The third-order valence-corrected chi connectivity index (χ3v) is 4.29. The van der Waals surface area contributed by atoms with Crippen LogP contribution >= 0.6 is 27.3 Å². The summed E-state index contributed by atoms with van der Waals surface area (Å²) in [6, 6.07) is 4.50. The predicted molar refractivity (Wildman–Crippen MR) is 75.8 cm³/mol. The first kappa shape index (κ1) is 14.9. The van der Waals surface area contributed by atoms with Crippen molar-refractivity contribution in [2.45, 2.75) is 6.18 Å². The lowest BCUT2D eigenvalue weighted by molar-refractivity contribution is -0.137. The predicted octanol–water partition coefficient (Wildman–Crippen LogP) is 4.36. The van der Waals surface area contributed by atoms with Crippen molar-refractivity contribution in [1.82, 2.24) is 0 Å². The van der Waals surface area contributed by atoms with Crippen LogP contribution in [0.2, 0.25) is 0 Å². The summed E-state index contributed by atoms with van der Waals surface area (Å²) in [5, 5.41) is 4.20. The van der Waals surface area contributed by atoms with Gasteiger partial charge in [-0.2, -0.15) is 13.2 Å². The van der Waals surface area contributed by atoms with E-state index in [1.54, 1.807) is 11.4 Å². The first-order valence-corrected chi connectivity index (χ1v) is 6.97. The van der Waals surface area contributed by atoms with E-state index in [9.17, 15) is 18.0 Å². The molecule has 0 radical (unpaired) electrons. The van der Waals surface area contributed by atoms with E-state index in [-0.39, 0.29) is 11.4 Å². The van der Waals surface area contributed by atoms with Crippen LogP contribution in [0, 0.1) is 0 Å². The van der Waals surface area contributed by atoms with Crippen LogP contribution in [0.1, 0.15) is 15.2 Å². The second-order valence-corrected chi connectivity index (χ2v) is 5.62. The summed E-state index contributed by atoms with van der Waals surface area (Å²) in [4.78, 5) is 12.3. The molecule has 0 fully saturated rings. The number of carbonyl (C=O) groups is 1. The standard InChI is InChI=1S/C12H8BrF3N2OS/c13-7-3-4-20-10(7)11(19)18-9-2-1-6(5-8(9)17)12(14,15)16/h1-5H,17H2,(H,18,19). The number of amides is 1. The molecule has 106 valence electrons. The highest BCUT2D eigenvalue weighted by atomic mass is 79.9. The Morgan fingerprint density at radius 2 is 2.00 bits per heavy atom. The van der Waals surface area contributed by atoms with Gasteiger partial charge in [-0.1, -0.05) is 0 Å². The lowest BCUT2D eigenvalue weighted by Crippen LogP contribution is -2.13. The monoisotopic (exact) mass is 364 g/mol. The molecule has 1 amide bonds. The number of nitrogen functional groups attached to an aromatic ring is 1. The number of thiophene rings is 1. The van der Waals surface area contributed by atoms with E-state index in [1.807, 2.05) is 0 Å². The van der Waals surface area contributed by atoms with Crippen LogP contribution in [0.3, 0.4) is 0 Å². The highest BCUT2D eigenvalue weighted by molar-refractivity contribution is 9.10. The van der Waals surface area contributed by atoms with Gasteiger partial charge < -0.3 is 11.1 Å². The molecule has 0 aliphatic heterocycles. The largest absolute Gasteiger partial charge is 0.416 e. The van der Waals surface area contributed by atoms with Crippen LogP contribution in [-0.2, 0) is 6.18 Å². The number of alkyl halides is 3. The van der Waals surface area contributed by atoms with E-state index in [1.165, 1.54) is 11.3 Å². The van der Waals surface area contributed by atoms with Crippen molar-refractivity contribution in [2.75, 3.05) is 11.1 Å². The Labute approximate surface area is 124 Å². The molecule has 3 N–H and O–H groups in total. The van der Waals surface area contributed by atoms with E-state index in [0.717, 1.165) is 18.2 Å². The van der Waals surface area contributed by atoms with Crippen molar-refractivity contribution in [3.8, 4) is 0 Å². The average Bonchev–Trinajstić information content (AvgIpc) is 2.76. The maximum atomic E-state index is 12.5. The molecule has 8 heteroatoms. The molecule has 2 aromatic rings. The maximum Gasteiger partial charge on any atom is 0.416 e. The smallest absolute Gasteiger partial charge is 0.397 e.